The van der Waals surface area contributed by atoms with Crippen LogP contribution in [-0.4, -0.2) is 15.2 Å². The van der Waals surface area contributed by atoms with Crippen LogP contribution in [0.25, 0.3) is 0 Å². The molecule has 0 bridgehead atoms. The zero-order chi connectivity index (χ0) is 14.5. The number of anilines is 3. The molecule has 0 aliphatic carbocycles. The molecule has 2 aromatic heterocycles. The van der Waals surface area contributed by atoms with Crippen LogP contribution in [0.1, 0.15) is 5.76 Å². The highest BCUT2D eigenvalue weighted by atomic mass is 79.9. The number of hydrogen-bond acceptors (Lipinski definition) is 6. The topological polar surface area (TPSA) is 75.9 Å². The van der Waals surface area contributed by atoms with E-state index in [1.165, 1.54) is 0 Å². The van der Waals surface area contributed by atoms with Crippen LogP contribution in [0.5, 0.6) is 0 Å². The monoisotopic (exact) mass is 345 g/mol. The molecule has 6 nitrogen and oxygen atoms in total. The number of benzene rings is 1. The minimum Gasteiger partial charge on any atom is -0.467 e. The van der Waals surface area contributed by atoms with E-state index < -0.39 is 0 Å². The Hall–Kier alpha value is -2.41. The van der Waals surface area contributed by atoms with E-state index in [1.54, 1.807) is 12.5 Å². The third kappa shape index (κ3) is 3.79. The summed E-state index contributed by atoms with van der Waals surface area (Å²) in [4.78, 5) is 4.34. The summed E-state index contributed by atoms with van der Waals surface area (Å²) in [6.45, 7) is 0.509. The Balaban J connectivity index is 1.68. The van der Waals surface area contributed by atoms with Crippen molar-refractivity contribution in [3.05, 3.63) is 59.1 Å². The van der Waals surface area contributed by atoms with E-state index in [2.05, 4.69) is 41.7 Å². The molecule has 0 amide bonds. The van der Waals surface area contributed by atoms with Gasteiger partial charge in [-0.2, -0.15) is 10.1 Å². The Kier molecular flexibility index (Phi) is 4.11. The van der Waals surface area contributed by atoms with Gasteiger partial charge in [-0.3, -0.25) is 0 Å². The Bertz CT molecular complexity index is 717. The maximum absolute atomic E-state index is 5.23. The Morgan fingerprint density at radius 1 is 1.19 bits per heavy atom. The highest BCUT2D eigenvalue weighted by molar-refractivity contribution is 9.10. The number of aromatic nitrogens is 3. The predicted octanol–water partition coefficient (Wildman–Crippen LogP) is 3.58. The third-order valence-electron chi connectivity index (χ3n) is 2.66. The second-order valence-corrected chi connectivity index (χ2v) is 5.15. The van der Waals surface area contributed by atoms with Crippen molar-refractivity contribution in [1.29, 1.82) is 0 Å². The van der Waals surface area contributed by atoms with E-state index >= 15 is 0 Å². The zero-order valence-electron chi connectivity index (χ0n) is 11.0. The maximum Gasteiger partial charge on any atom is 0.245 e. The van der Waals surface area contributed by atoms with Gasteiger partial charge in [0.1, 0.15) is 5.76 Å². The van der Waals surface area contributed by atoms with Crippen LogP contribution in [0.3, 0.4) is 0 Å². The van der Waals surface area contributed by atoms with Crippen molar-refractivity contribution in [2.24, 2.45) is 0 Å². The first-order chi connectivity index (χ1) is 10.3. The smallest absolute Gasteiger partial charge is 0.245 e. The molecule has 106 valence electrons. The summed E-state index contributed by atoms with van der Waals surface area (Å²) in [5.74, 6) is 1.86. The maximum atomic E-state index is 5.23. The van der Waals surface area contributed by atoms with Gasteiger partial charge in [0.05, 0.1) is 19.0 Å². The van der Waals surface area contributed by atoms with Gasteiger partial charge >= 0.3 is 0 Å². The first kappa shape index (κ1) is 13.6. The molecule has 3 rings (SSSR count). The Morgan fingerprint density at radius 2 is 2.14 bits per heavy atom. The van der Waals surface area contributed by atoms with E-state index in [9.17, 15) is 0 Å². The first-order valence-electron chi connectivity index (χ1n) is 6.28. The van der Waals surface area contributed by atoms with Crippen LogP contribution in [0, 0.1) is 0 Å². The van der Waals surface area contributed by atoms with E-state index in [0.717, 1.165) is 15.9 Å². The molecule has 7 heteroatoms. The fraction of sp³-hybridized carbons (Fsp3) is 0.0714. The molecular formula is C14H12BrN5O. The normalized spacial score (nSPS) is 10.3. The van der Waals surface area contributed by atoms with E-state index in [1.807, 2.05) is 36.4 Å². The summed E-state index contributed by atoms with van der Waals surface area (Å²) in [5, 5.41) is 14.1. The number of nitrogens with one attached hydrogen (secondary N) is 2. The minimum atomic E-state index is 0.436. The lowest BCUT2D eigenvalue weighted by Crippen LogP contribution is -2.05. The van der Waals surface area contributed by atoms with Crippen molar-refractivity contribution in [3.63, 3.8) is 0 Å². The summed E-state index contributed by atoms with van der Waals surface area (Å²) in [6, 6.07) is 11.5. The first-order valence-corrected chi connectivity index (χ1v) is 7.07. The van der Waals surface area contributed by atoms with Crippen LogP contribution in [0.15, 0.2) is 57.7 Å². The van der Waals surface area contributed by atoms with E-state index in [0.29, 0.717) is 18.3 Å². The Labute approximate surface area is 129 Å². The number of rotatable bonds is 5. The number of hydrogen-bond donors (Lipinski definition) is 2. The van der Waals surface area contributed by atoms with Gasteiger partial charge < -0.3 is 15.1 Å². The lowest BCUT2D eigenvalue weighted by atomic mass is 10.3. The molecule has 0 atom stereocenters. The molecule has 0 fully saturated rings. The molecular weight excluding hydrogens is 334 g/mol. The molecule has 3 aromatic rings. The van der Waals surface area contributed by atoms with Crippen molar-refractivity contribution in [2.45, 2.75) is 6.54 Å². The molecule has 2 N–H and O–H groups in total. The zero-order valence-corrected chi connectivity index (χ0v) is 12.5. The number of nitrogens with zero attached hydrogens (tertiary/aromatic N) is 3. The molecule has 0 spiro atoms. The molecule has 0 unspecified atom stereocenters. The summed E-state index contributed by atoms with van der Waals surface area (Å²) >= 11 is 3.43. The molecule has 0 aliphatic heterocycles. The van der Waals surface area contributed by atoms with Crippen molar-refractivity contribution in [3.8, 4) is 0 Å². The fourth-order valence-corrected chi connectivity index (χ4v) is 2.13. The van der Waals surface area contributed by atoms with Gasteiger partial charge in [0.25, 0.3) is 0 Å². The average molecular weight is 346 g/mol. The molecule has 0 saturated carbocycles. The molecule has 21 heavy (non-hydrogen) atoms. The Morgan fingerprint density at radius 3 is 2.95 bits per heavy atom. The van der Waals surface area contributed by atoms with Gasteiger partial charge in [0, 0.05) is 10.2 Å². The summed E-state index contributed by atoms with van der Waals surface area (Å²) in [5.41, 5.74) is 0.918. The lowest BCUT2D eigenvalue weighted by Gasteiger charge is -2.07. The van der Waals surface area contributed by atoms with Crippen molar-refractivity contribution in [1.82, 2.24) is 15.2 Å². The molecule has 2 heterocycles. The molecule has 0 radical (unpaired) electrons. The van der Waals surface area contributed by atoms with E-state index in [-0.39, 0.29) is 0 Å². The van der Waals surface area contributed by atoms with Gasteiger partial charge in [-0.1, -0.05) is 22.0 Å². The quantitative estimate of drug-likeness (QED) is 0.735. The second kappa shape index (κ2) is 6.36. The van der Waals surface area contributed by atoms with Crippen LogP contribution < -0.4 is 10.6 Å². The number of halogens is 1. The summed E-state index contributed by atoms with van der Waals surface area (Å²) < 4.78 is 6.23. The van der Waals surface area contributed by atoms with Gasteiger partial charge in [0.2, 0.25) is 5.95 Å². The number of furan rings is 1. The molecule has 1 aromatic carbocycles. The van der Waals surface area contributed by atoms with Crippen molar-refractivity contribution in [2.75, 3.05) is 10.6 Å². The molecule has 0 saturated heterocycles. The van der Waals surface area contributed by atoms with Crippen LogP contribution in [0.2, 0.25) is 0 Å². The summed E-state index contributed by atoms with van der Waals surface area (Å²) in [6.07, 6.45) is 3.19. The molecule has 0 aliphatic rings. The standard InChI is InChI=1S/C14H12BrN5O/c15-10-3-1-4-11(7-10)18-13-9-17-20-14(19-13)16-8-12-5-2-6-21-12/h1-7,9H,8H2,(H2,16,18,19,20). The van der Waals surface area contributed by atoms with Crippen LogP contribution in [0.4, 0.5) is 17.5 Å². The summed E-state index contributed by atoms with van der Waals surface area (Å²) in [7, 11) is 0. The van der Waals surface area contributed by atoms with E-state index in [4.69, 9.17) is 4.42 Å². The minimum absolute atomic E-state index is 0.436. The van der Waals surface area contributed by atoms with Gasteiger partial charge in [-0.25, -0.2) is 0 Å². The largest absolute Gasteiger partial charge is 0.467 e. The van der Waals surface area contributed by atoms with Crippen molar-refractivity contribution < 1.29 is 4.42 Å². The average Bonchev–Trinajstić information content (AvgIpc) is 2.99. The SMILES string of the molecule is Brc1cccc(Nc2cnnc(NCc3ccco3)n2)c1. The van der Waals surface area contributed by atoms with Crippen molar-refractivity contribution >= 4 is 33.4 Å². The fourth-order valence-electron chi connectivity index (χ4n) is 1.73. The van der Waals surface area contributed by atoms with Crippen LogP contribution >= 0.6 is 15.9 Å². The lowest BCUT2D eigenvalue weighted by molar-refractivity contribution is 0.517. The highest BCUT2D eigenvalue weighted by Crippen LogP contribution is 2.19. The second-order valence-electron chi connectivity index (χ2n) is 4.23. The van der Waals surface area contributed by atoms with Gasteiger partial charge in [-0.05, 0) is 30.3 Å². The predicted molar refractivity (Wildman–Crippen MR) is 83.3 cm³/mol. The van der Waals surface area contributed by atoms with Gasteiger partial charge in [-0.15, -0.1) is 5.10 Å². The van der Waals surface area contributed by atoms with Gasteiger partial charge in [0.15, 0.2) is 5.82 Å². The van der Waals surface area contributed by atoms with Crippen LogP contribution in [-0.2, 0) is 6.54 Å². The highest BCUT2D eigenvalue weighted by Gasteiger charge is 2.02. The third-order valence-corrected chi connectivity index (χ3v) is 3.15.